The van der Waals surface area contributed by atoms with E-state index in [1.54, 1.807) is 6.07 Å². The summed E-state index contributed by atoms with van der Waals surface area (Å²) in [5, 5.41) is 2.91. The number of ether oxygens (including phenoxy) is 1. The maximum absolute atomic E-state index is 13.5. The Morgan fingerprint density at radius 1 is 1.11 bits per heavy atom. The van der Waals surface area contributed by atoms with Crippen LogP contribution in [0.4, 0.5) is 13.8 Å². The second-order valence-corrected chi connectivity index (χ2v) is 6.30. The van der Waals surface area contributed by atoms with Gasteiger partial charge in [-0.05, 0) is 42.5 Å². The highest BCUT2D eigenvalue weighted by molar-refractivity contribution is 7.18. The first-order chi connectivity index (χ1) is 12.9. The van der Waals surface area contributed by atoms with E-state index in [9.17, 15) is 23.2 Å². The van der Waals surface area contributed by atoms with Gasteiger partial charge in [0.2, 0.25) is 5.78 Å². The molecule has 0 aliphatic heterocycles. The average molecular weight is 391 g/mol. The summed E-state index contributed by atoms with van der Waals surface area (Å²) in [6.45, 7) is -0.745. The topological polar surface area (TPSA) is 85.6 Å². The van der Waals surface area contributed by atoms with E-state index in [4.69, 9.17) is 9.15 Å². The summed E-state index contributed by atoms with van der Waals surface area (Å²) in [5.41, 5.74) is -0.500. The lowest BCUT2D eigenvalue weighted by Crippen LogP contribution is -2.15. The van der Waals surface area contributed by atoms with E-state index in [0.717, 1.165) is 29.5 Å². The van der Waals surface area contributed by atoms with Gasteiger partial charge in [-0.1, -0.05) is 0 Å². The molecule has 0 saturated heterocycles. The van der Waals surface area contributed by atoms with E-state index in [-0.39, 0.29) is 10.6 Å². The molecule has 0 aliphatic rings. The number of ketones is 1. The zero-order valence-electron chi connectivity index (χ0n) is 13.5. The zero-order valence-corrected chi connectivity index (χ0v) is 14.3. The number of thiophene rings is 1. The van der Waals surface area contributed by atoms with E-state index >= 15 is 0 Å². The summed E-state index contributed by atoms with van der Waals surface area (Å²) in [4.78, 5) is 35.9. The van der Waals surface area contributed by atoms with Crippen LogP contribution in [0.3, 0.4) is 0 Å². The van der Waals surface area contributed by atoms with Crippen LogP contribution in [-0.4, -0.2) is 24.3 Å². The van der Waals surface area contributed by atoms with Crippen molar-refractivity contribution < 1.29 is 32.3 Å². The smallest absolute Gasteiger partial charge is 0.348 e. The summed E-state index contributed by atoms with van der Waals surface area (Å²) in [6.07, 6.45) is 1.35. The fraction of sp³-hybridized carbons (Fsp3) is 0.0556. The van der Waals surface area contributed by atoms with Crippen LogP contribution in [0.2, 0.25) is 0 Å². The van der Waals surface area contributed by atoms with Crippen molar-refractivity contribution in [2.24, 2.45) is 0 Å². The van der Waals surface area contributed by atoms with Gasteiger partial charge in [-0.3, -0.25) is 9.59 Å². The Bertz CT molecular complexity index is 997. The van der Waals surface area contributed by atoms with Gasteiger partial charge < -0.3 is 14.5 Å². The Labute approximate surface area is 155 Å². The predicted octanol–water partition coefficient (Wildman–Crippen LogP) is 3.91. The van der Waals surface area contributed by atoms with Gasteiger partial charge in [0, 0.05) is 0 Å². The van der Waals surface area contributed by atoms with Gasteiger partial charge in [0.1, 0.15) is 16.5 Å². The second-order valence-electron chi connectivity index (χ2n) is 5.22. The number of carbonyl (C=O) groups is 3. The highest BCUT2D eigenvalue weighted by Gasteiger charge is 2.18. The van der Waals surface area contributed by atoms with Crippen molar-refractivity contribution >= 4 is 34.0 Å². The lowest BCUT2D eigenvalue weighted by Gasteiger charge is -2.04. The normalized spacial score (nSPS) is 10.4. The number of hydrogen-bond donors (Lipinski definition) is 1. The molecule has 0 bridgehead atoms. The molecular weight excluding hydrogens is 380 g/mol. The number of benzene rings is 1. The first kappa shape index (κ1) is 18.5. The summed E-state index contributed by atoms with van der Waals surface area (Å²) in [7, 11) is 0. The Hall–Kier alpha value is -3.33. The number of halogens is 2. The molecule has 27 heavy (non-hydrogen) atoms. The van der Waals surface area contributed by atoms with Crippen LogP contribution in [0.15, 0.2) is 53.1 Å². The van der Waals surface area contributed by atoms with Crippen LogP contribution in [0.25, 0.3) is 0 Å². The first-order valence-corrected chi connectivity index (χ1v) is 8.36. The number of Topliss-reactive ketones (excluding diaryl/α,β-unsaturated/α-hetero) is 1. The van der Waals surface area contributed by atoms with Crippen LogP contribution in [0.1, 0.15) is 30.6 Å². The molecule has 138 valence electrons. The molecule has 1 N–H and O–H groups in total. The Kier molecular flexibility index (Phi) is 5.41. The Morgan fingerprint density at radius 2 is 1.93 bits per heavy atom. The molecule has 3 rings (SSSR count). The van der Waals surface area contributed by atoms with Gasteiger partial charge in [-0.25, -0.2) is 13.6 Å². The molecule has 2 aromatic heterocycles. The highest BCUT2D eigenvalue weighted by Crippen LogP contribution is 2.23. The van der Waals surface area contributed by atoms with E-state index in [2.05, 4.69) is 5.32 Å². The van der Waals surface area contributed by atoms with Gasteiger partial charge in [0.05, 0.1) is 16.8 Å². The van der Waals surface area contributed by atoms with Crippen molar-refractivity contribution in [3.63, 3.8) is 0 Å². The number of anilines is 1. The van der Waals surface area contributed by atoms with Crippen molar-refractivity contribution in [2.75, 3.05) is 11.9 Å². The molecule has 0 saturated carbocycles. The first-order valence-electron chi connectivity index (χ1n) is 7.54. The fourth-order valence-corrected chi connectivity index (χ4v) is 2.88. The van der Waals surface area contributed by atoms with Crippen LogP contribution >= 0.6 is 11.3 Å². The number of esters is 1. The maximum atomic E-state index is 13.5. The number of amides is 1. The van der Waals surface area contributed by atoms with Gasteiger partial charge in [0.25, 0.3) is 5.91 Å². The highest BCUT2D eigenvalue weighted by atomic mass is 32.1. The molecule has 2 heterocycles. The van der Waals surface area contributed by atoms with Gasteiger partial charge in [0.15, 0.2) is 12.4 Å². The number of hydrogen-bond acceptors (Lipinski definition) is 6. The van der Waals surface area contributed by atoms with E-state index in [1.165, 1.54) is 24.5 Å². The lowest BCUT2D eigenvalue weighted by molar-refractivity contribution is 0.0478. The van der Waals surface area contributed by atoms with Crippen molar-refractivity contribution in [3.05, 3.63) is 76.6 Å². The predicted molar refractivity (Wildman–Crippen MR) is 92.0 cm³/mol. The fourth-order valence-electron chi connectivity index (χ4n) is 2.09. The van der Waals surface area contributed by atoms with Crippen molar-refractivity contribution in [1.29, 1.82) is 0 Å². The number of carbonyl (C=O) groups excluding carboxylic acids is 3. The van der Waals surface area contributed by atoms with E-state index in [0.29, 0.717) is 5.00 Å². The summed E-state index contributed by atoms with van der Waals surface area (Å²) >= 11 is 0.926. The molecule has 3 aromatic rings. The molecule has 1 amide bonds. The van der Waals surface area contributed by atoms with E-state index in [1.807, 2.05) is 0 Å². The molecule has 0 aliphatic carbocycles. The Balaban J connectivity index is 1.58. The molecule has 0 fully saturated rings. The summed E-state index contributed by atoms with van der Waals surface area (Å²) in [5.74, 6) is -3.77. The third kappa shape index (κ3) is 4.45. The van der Waals surface area contributed by atoms with Crippen LogP contribution in [-0.2, 0) is 4.74 Å². The minimum absolute atomic E-state index is 0.107. The molecule has 0 atom stereocenters. The van der Waals surface area contributed by atoms with Crippen LogP contribution in [0, 0.1) is 11.6 Å². The molecule has 1 aromatic carbocycles. The molecular formula is C18H11F2NO5S. The van der Waals surface area contributed by atoms with Crippen LogP contribution < -0.4 is 5.32 Å². The summed E-state index contributed by atoms with van der Waals surface area (Å²) in [6, 6.07) is 8.35. The molecule has 6 nitrogen and oxygen atoms in total. The summed E-state index contributed by atoms with van der Waals surface area (Å²) < 4.78 is 36.4. The quantitative estimate of drug-likeness (QED) is 0.509. The maximum Gasteiger partial charge on any atom is 0.348 e. The van der Waals surface area contributed by atoms with Crippen molar-refractivity contribution in [2.45, 2.75) is 0 Å². The molecule has 0 unspecified atom stereocenters. The number of furan rings is 1. The minimum Gasteiger partial charge on any atom is -0.459 e. The van der Waals surface area contributed by atoms with Crippen molar-refractivity contribution in [3.8, 4) is 0 Å². The average Bonchev–Trinajstić information content (AvgIpc) is 3.33. The van der Waals surface area contributed by atoms with E-state index < -0.39 is 41.5 Å². The van der Waals surface area contributed by atoms with Gasteiger partial charge in [-0.15, -0.1) is 11.3 Å². The number of nitrogens with one attached hydrogen (secondary N) is 1. The molecule has 9 heteroatoms. The van der Waals surface area contributed by atoms with Gasteiger partial charge in [-0.2, -0.15) is 0 Å². The van der Waals surface area contributed by atoms with Crippen LogP contribution in [0.5, 0.6) is 0 Å². The lowest BCUT2D eigenvalue weighted by atomic mass is 10.1. The standard InChI is InChI=1S/C18H11F2NO5S/c19-10-3-4-12(20)11(8-10)13(22)9-26-18(24)15-5-6-16(27-15)21-17(23)14-2-1-7-25-14/h1-8H,9H2,(H,21,23). The van der Waals surface area contributed by atoms with Gasteiger partial charge >= 0.3 is 5.97 Å². The molecule has 0 radical (unpaired) electrons. The zero-order chi connectivity index (χ0) is 19.4. The third-order valence-electron chi connectivity index (χ3n) is 3.35. The Morgan fingerprint density at radius 3 is 2.67 bits per heavy atom. The SMILES string of the molecule is O=C(Nc1ccc(C(=O)OCC(=O)c2cc(F)ccc2F)s1)c1ccco1. The largest absolute Gasteiger partial charge is 0.459 e. The third-order valence-corrected chi connectivity index (χ3v) is 4.33. The molecule has 0 spiro atoms. The minimum atomic E-state index is -0.906. The number of rotatable bonds is 6. The second kappa shape index (κ2) is 7.92. The monoisotopic (exact) mass is 391 g/mol. The van der Waals surface area contributed by atoms with Crippen molar-refractivity contribution in [1.82, 2.24) is 0 Å².